The van der Waals surface area contributed by atoms with E-state index < -0.39 is 0 Å². The Morgan fingerprint density at radius 2 is 2.05 bits per heavy atom. The first-order chi connectivity index (χ1) is 9.59. The molecule has 1 radical (unpaired) electrons. The van der Waals surface area contributed by atoms with Crippen molar-refractivity contribution in [1.29, 1.82) is 0 Å². The number of phenolic OH excluding ortho intramolecular Hbond substituents is 1. The zero-order valence-electron chi connectivity index (χ0n) is 12.2. The Balaban J connectivity index is 1.71. The van der Waals surface area contributed by atoms with Crippen molar-refractivity contribution in [3.8, 4) is 5.75 Å². The van der Waals surface area contributed by atoms with Gasteiger partial charge in [0.1, 0.15) is 5.75 Å². The maximum absolute atomic E-state index is 9.69. The second kappa shape index (κ2) is 4.24. The molecule has 3 aliphatic rings. The highest BCUT2D eigenvalue weighted by molar-refractivity contribution is 5.40. The van der Waals surface area contributed by atoms with Crippen LogP contribution >= 0.6 is 0 Å². The van der Waals surface area contributed by atoms with Crippen molar-refractivity contribution in [2.75, 3.05) is 0 Å². The highest BCUT2D eigenvalue weighted by Gasteiger charge is 2.53. The van der Waals surface area contributed by atoms with Crippen molar-refractivity contribution in [2.24, 2.45) is 17.3 Å². The lowest BCUT2D eigenvalue weighted by Crippen LogP contribution is -2.44. The maximum Gasteiger partial charge on any atom is 0.115 e. The van der Waals surface area contributed by atoms with E-state index in [0.717, 1.165) is 24.7 Å². The summed E-state index contributed by atoms with van der Waals surface area (Å²) >= 11 is 0. The SMILES string of the molecule is C[C@]12CCC3c4ccc(O)cc4CCC3C1CCC2[NH]. The number of benzene rings is 1. The van der Waals surface area contributed by atoms with Crippen LogP contribution in [0.5, 0.6) is 5.75 Å². The average Bonchev–Trinajstić information content (AvgIpc) is 2.74. The van der Waals surface area contributed by atoms with Gasteiger partial charge in [0, 0.05) is 6.04 Å². The summed E-state index contributed by atoms with van der Waals surface area (Å²) in [7, 11) is 0. The lowest BCUT2D eigenvalue weighted by molar-refractivity contribution is 0.0481. The first-order valence-electron chi connectivity index (χ1n) is 8.12. The predicted molar refractivity (Wildman–Crippen MR) is 79.6 cm³/mol. The summed E-state index contributed by atoms with van der Waals surface area (Å²) in [5, 5.41) is 9.69. The van der Waals surface area contributed by atoms with E-state index in [1.807, 2.05) is 12.1 Å². The molecule has 107 valence electrons. The Morgan fingerprint density at radius 1 is 1.20 bits per heavy atom. The molecule has 0 aromatic heterocycles. The first kappa shape index (κ1) is 12.7. The highest BCUT2D eigenvalue weighted by atomic mass is 16.3. The number of aryl methyl sites for hydroxylation is 1. The van der Waals surface area contributed by atoms with Crippen molar-refractivity contribution in [2.45, 2.75) is 57.4 Å². The van der Waals surface area contributed by atoms with Crippen molar-refractivity contribution >= 4 is 0 Å². The summed E-state index contributed by atoms with van der Waals surface area (Å²) in [4.78, 5) is 0. The third-order valence-electron chi connectivity index (χ3n) is 6.71. The molecular formula is C18H24NO. The molecule has 4 rings (SSSR count). The topological polar surface area (TPSA) is 44.0 Å². The zero-order chi connectivity index (χ0) is 13.9. The van der Waals surface area contributed by atoms with Gasteiger partial charge in [0.25, 0.3) is 0 Å². The summed E-state index contributed by atoms with van der Waals surface area (Å²) in [6, 6.07) is 6.16. The van der Waals surface area contributed by atoms with Gasteiger partial charge in [-0.15, -0.1) is 0 Å². The van der Waals surface area contributed by atoms with Gasteiger partial charge in [0.15, 0.2) is 0 Å². The van der Waals surface area contributed by atoms with Gasteiger partial charge < -0.3 is 5.11 Å². The molecule has 2 fully saturated rings. The molecule has 3 aliphatic carbocycles. The van der Waals surface area contributed by atoms with Gasteiger partial charge in [-0.3, -0.25) is 5.73 Å². The smallest absolute Gasteiger partial charge is 0.115 e. The Hall–Kier alpha value is -1.02. The molecule has 0 heterocycles. The number of aromatic hydroxyl groups is 1. The normalized spacial score (nSPS) is 42.7. The minimum absolute atomic E-state index is 0.162. The van der Waals surface area contributed by atoms with Crippen LogP contribution in [0, 0.1) is 17.3 Å². The number of phenols is 1. The van der Waals surface area contributed by atoms with Gasteiger partial charge >= 0.3 is 0 Å². The van der Waals surface area contributed by atoms with Gasteiger partial charge in [-0.2, -0.15) is 0 Å². The molecule has 0 amide bonds. The molecule has 2 saturated carbocycles. The molecule has 2 heteroatoms. The number of nitrogens with one attached hydrogen (secondary N) is 1. The largest absolute Gasteiger partial charge is 0.508 e. The second-order valence-corrected chi connectivity index (χ2v) is 7.47. The zero-order valence-corrected chi connectivity index (χ0v) is 12.2. The summed E-state index contributed by atoms with van der Waals surface area (Å²) in [6.45, 7) is 2.38. The van der Waals surface area contributed by atoms with Crippen molar-refractivity contribution in [1.82, 2.24) is 5.73 Å². The molecule has 20 heavy (non-hydrogen) atoms. The van der Waals surface area contributed by atoms with Crippen LogP contribution in [-0.4, -0.2) is 11.1 Å². The number of hydrogen-bond acceptors (Lipinski definition) is 1. The van der Waals surface area contributed by atoms with E-state index >= 15 is 0 Å². The van der Waals surface area contributed by atoms with Gasteiger partial charge in [-0.25, -0.2) is 0 Å². The van der Waals surface area contributed by atoms with E-state index in [1.165, 1.54) is 36.8 Å². The van der Waals surface area contributed by atoms with Crippen LogP contribution in [0.15, 0.2) is 18.2 Å². The number of rotatable bonds is 0. The van der Waals surface area contributed by atoms with E-state index in [1.54, 1.807) is 0 Å². The Labute approximate surface area is 121 Å². The van der Waals surface area contributed by atoms with E-state index in [-0.39, 0.29) is 11.5 Å². The lowest BCUT2D eigenvalue weighted by atomic mass is 9.55. The van der Waals surface area contributed by atoms with Crippen LogP contribution in [-0.2, 0) is 6.42 Å². The van der Waals surface area contributed by atoms with Gasteiger partial charge in [0.05, 0.1) is 0 Å². The van der Waals surface area contributed by atoms with Crippen LogP contribution in [0.4, 0.5) is 0 Å². The third-order valence-corrected chi connectivity index (χ3v) is 6.71. The summed E-state index contributed by atoms with van der Waals surface area (Å²) in [5.41, 5.74) is 11.5. The van der Waals surface area contributed by atoms with Gasteiger partial charge in [-0.05, 0) is 85.0 Å². The van der Waals surface area contributed by atoms with Gasteiger partial charge in [-0.1, -0.05) is 13.0 Å². The van der Waals surface area contributed by atoms with Crippen molar-refractivity contribution < 1.29 is 5.11 Å². The fourth-order valence-corrected chi connectivity index (χ4v) is 5.57. The van der Waals surface area contributed by atoms with E-state index in [2.05, 4.69) is 13.0 Å². The van der Waals surface area contributed by atoms with Crippen LogP contribution in [0.3, 0.4) is 0 Å². The number of hydrogen-bond donors (Lipinski definition) is 1. The van der Waals surface area contributed by atoms with E-state index in [0.29, 0.717) is 11.7 Å². The summed E-state index contributed by atoms with van der Waals surface area (Å²) < 4.78 is 0. The molecule has 5 atom stereocenters. The Kier molecular flexibility index (Phi) is 2.69. The standard InChI is InChI=1S/C18H24NO/c1-18-9-8-14-13-5-3-12(20)10-11(13)2-4-15(14)16(18)6-7-17(18)19/h3,5,10,14-17,19-20H,2,4,6-9H2,1H3/t14?,15?,16?,17?,18-/m0/s1. The molecular weight excluding hydrogens is 246 g/mol. The second-order valence-electron chi connectivity index (χ2n) is 7.47. The van der Waals surface area contributed by atoms with Crippen LogP contribution in [0.2, 0.25) is 0 Å². The minimum Gasteiger partial charge on any atom is -0.508 e. The maximum atomic E-state index is 9.69. The first-order valence-corrected chi connectivity index (χ1v) is 8.12. The molecule has 0 bridgehead atoms. The summed E-state index contributed by atoms with van der Waals surface area (Å²) in [5.74, 6) is 2.63. The lowest BCUT2D eigenvalue weighted by Gasteiger charge is -2.50. The fourth-order valence-electron chi connectivity index (χ4n) is 5.57. The quantitative estimate of drug-likeness (QED) is 0.763. The Morgan fingerprint density at radius 3 is 2.90 bits per heavy atom. The van der Waals surface area contributed by atoms with E-state index in [9.17, 15) is 5.11 Å². The van der Waals surface area contributed by atoms with Crippen molar-refractivity contribution in [3.63, 3.8) is 0 Å². The molecule has 0 aliphatic heterocycles. The Bertz CT molecular complexity index is 540. The fraction of sp³-hybridized carbons (Fsp3) is 0.667. The minimum atomic E-state index is 0.162. The summed E-state index contributed by atoms with van der Waals surface area (Å²) in [6.07, 6.45) is 7.19. The third kappa shape index (κ3) is 1.60. The molecule has 4 unspecified atom stereocenters. The van der Waals surface area contributed by atoms with Crippen LogP contribution in [0.1, 0.15) is 56.1 Å². The molecule has 2 N–H and O–H groups in total. The van der Waals surface area contributed by atoms with Crippen LogP contribution < -0.4 is 5.73 Å². The average molecular weight is 270 g/mol. The van der Waals surface area contributed by atoms with E-state index in [4.69, 9.17) is 5.73 Å². The molecule has 0 saturated heterocycles. The molecule has 2 nitrogen and oxygen atoms in total. The van der Waals surface area contributed by atoms with Crippen LogP contribution in [0.25, 0.3) is 0 Å². The molecule has 1 aromatic rings. The van der Waals surface area contributed by atoms with Gasteiger partial charge in [0.2, 0.25) is 0 Å². The van der Waals surface area contributed by atoms with Crippen molar-refractivity contribution in [3.05, 3.63) is 29.3 Å². The molecule has 1 aromatic carbocycles. The number of fused-ring (bicyclic) bond motifs is 5. The highest BCUT2D eigenvalue weighted by Crippen LogP contribution is 2.60. The predicted octanol–water partition coefficient (Wildman–Crippen LogP) is 3.90. The molecule has 0 spiro atoms. The monoisotopic (exact) mass is 270 g/mol.